The van der Waals surface area contributed by atoms with Gasteiger partial charge in [0.2, 0.25) is 0 Å². The smallest absolute Gasteiger partial charge is 0.265 e. The molecule has 4 aromatic carbocycles. The van der Waals surface area contributed by atoms with Gasteiger partial charge in [-0.3, -0.25) is 9.36 Å². The molecule has 0 unspecified atom stereocenters. The molecule has 0 saturated carbocycles. The van der Waals surface area contributed by atoms with Gasteiger partial charge < -0.3 is 0 Å². The first-order valence-corrected chi connectivity index (χ1v) is 16.8. The number of aromatic nitrogens is 4. The third kappa shape index (κ3) is 5.65. The van der Waals surface area contributed by atoms with Crippen molar-refractivity contribution < 1.29 is 47.4 Å². The molecular formula is C37H24F6N4PtS2. The Morgan fingerprint density at radius 1 is 0.620 bits per heavy atom. The van der Waals surface area contributed by atoms with Gasteiger partial charge >= 0.3 is 33.4 Å². The van der Waals surface area contributed by atoms with E-state index in [1.165, 1.54) is 23.5 Å². The molecule has 0 amide bonds. The fourth-order valence-corrected chi connectivity index (χ4v) is 8.55. The van der Waals surface area contributed by atoms with Crippen molar-refractivity contribution in [3.8, 4) is 11.4 Å². The van der Waals surface area contributed by atoms with E-state index in [0.29, 0.717) is 37.1 Å². The fourth-order valence-electron chi connectivity index (χ4n) is 6.45. The molecule has 0 aliphatic heterocycles. The minimum absolute atomic E-state index is 0. The Bertz CT molecular complexity index is 2600. The number of fused-ring (bicyclic) bond motifs is 6. The number of hydrogen-bond donors (Lipinski definition) is 0. The predicted molar refractivity (Wildman–Crippen MR) is 182 cm³/mol. The average Bonchev–Trinajstić information content (AvgIpc) is 3.82. The minimum Gasteiger partial charge on any atom is -0.265 e. The third-order valence-corrected chi connectivity index (χ3v) is 11.1. The predicted octanol–water partition coefficient (Wildman–Crippen LogP) is 11.4. The number of benzene rings is 4. The standard InChI is InChI=1S/C37H24F6N4S2.Pt/c1-19-5-9-29-24(13-19)26-15-22(7-11-31(26)48-29)46-17-20(2)33(44-46)35(3,4)34-28(37(41,42)43)18-47(45-34)23-8-12-32-27(16-23)25-14-21(36(38,39)40)6-10-30(25)49-32;/h5-6,9-18H,1-4H3;/q-2;+2. The molecule has 8 aromatic rings. The molecule has 0 aliphatic rings. The van der Waals surface area contributed by atoms with Crippen LogP contribution in [-0.2, 0) is 38.8 Å². The van der Waals surface area contributed by atoms with Crippen molar-refractivity contribution in [3.05, 3.63) is 119 Å². The molecule has 0 aliphatic carbocycles. The van der Waals surface area contributed by atoms with Crippen molar-refractivity contribution in [1.82, 2.24) is 19.6 Å². The Morgan fingerprint density at radius 3 is 1.72 bits per heavy atom. The van der Waals surface area contributed by atoms with Gasteiger partial charge in [0.05, 0.1) is 27.9 Å². The molecule has 4 aromatic heterocycles. The summed E-state index contributed by atoms with van der Waals surface area (Å²) in [6.45, 7) is 7.13. The maximum atomic E-state index is 14.6. The number of hydrogen-bond acceptors (Lipinski definition) is 4. The van der Waals surface area contributed by atoms with Crippen LogP contribution in [0.2, 0.25) is 0 Å². The van der Waals surface area contributed by atoms with E-state index in [0.717, 1.165) is 48.7 Å². The van der Waals surface area contributed by atoms with Crippen LogP contribution < -0.4 is 0 Å². The summed E-state index contributed by atoms with van der Waals surface area (Å²) in [6, 6.07) is 23.0. The third-order valence-electron chi connectivity index (χ3n) is 8.85. The normalized spacial score (nSPS) is 12.8. The molecule has 50 heavy (non-hydrogen) atoms. The first kappa shape index (κ1) is 34.5. The van der Waals surface area contributed by atoms with Gasteiger partial charge in [-0.25, -0.2) is 22.7 Å². The summed E-state index contributed by atoms with van der Waals surface area (Å²) in [5, 5.41) is 12.2. The Hall–Kier alpha value is -3.99. The summed E-state index contributed by atoms with van der Waals surface area (Å²) in [5.41, 5.74) is -0.253. The van der Waals surface area contributed by atoms with Gasteiger partial charge in [0.1, 0.15) is 0 Å². The molecule has 256 valence electrons. The summed E-state index contributed by atoms with van der Waals surface area (Å²) in [7, 11) is 0. The molecular weight excluding hydrogens is 874 g/mol. The molecule has 0 spiro atoms. The Kier molecular flexibility index (Phi) is 8.12. The maximum absolute atomic E-state index is 14.6. The number of rotatable bonds is 4. The molecule has 13 heteroatoms. The second-order valence-electron chi connectivity index (χ2n) is 12.7. The van der Waals surface area contributed by atoms with Crippen LogP contribution in [0.25, 0.3) is 51.7 Å². The molecule has 0 radical (unpaired) electrons. The molecule has 4 heterocycles. The van der Waals surface area contributed by atoms with E-state index in [-0.39, 0.29) is 32.4 Å². The number of halogens is 6. The van der Waals surface area contributed by atoms with Gasteiger partial charge in [-0.2, -0.15) is 60.8 Å². The molecule has 0 fully saturated rings. The second kappa shape index (κ2) is 11.8. The summed E-state index contributed by atoms with van der Waals surface area (Å²) in [4.78, 5) is 0. The topological polar surface area (TPSA) is 35.6 Å². The number of alkyl halides is 6. The summed E-state index contributed by atoms with van der Waals surface area (Å²) in [6.07, 6.45) is -6.61. The van der Waals surface area contributed by atoms with Crippen molar-refractivity contribution in [2.75, 3.05) is 0 Å². The fraction of sp³-hybridized carbons (Fsp3) is 0.189. The van der Waals surface area contributed by atoms with Crippen LogP contribution in [0.3, 0.4) is 0 Å². The first-order chi connectivity index (χ1) is 23.1. The quantitative estimate of drug-likeness (QED) is 0.130. The zero-order valence-corrected chi connectivity index (χ0v) is 30.5. The van der Waals surface area contributed by atoms with Crippen molar-refractivity contribution in [1.29, 1.82) is 0 Å². The number of thiophene rings is 2. The molecule has 0 N–H and O–H groups in total. The van der Waals surface area contributed by atoms with Gasteiger partial charge in [0, 0.05) is 21.8 Å². The molecule has 0 atom stereocenters. The Labute approximate surface area is 304 Å². The van der Waals surface area contributed by atoms with E-state index in [9.17, 15) is 26.3 Å². The average molecular weight is 898 g/mol. The van der Waals surface area contributed by atoms with Crippen LogP contribution >= 0.6 is 22.7 Å². The zero-order valence-electron chi connectivity index (χ0n) is 26.6. The van der Waals surface area contributed by atoms with E-state index in [4.69, 9.17) is 5.10 Å². The van der Waals surface area contributed by atoms with Crippen molar-refractivity contribution in [2.24, 2.45) is 0 Å². The van der Waals surface area contributed by atoms with Crippen molar-refractivity contribution >= 4 is 63.0 Å². The number of aryl methyl sites for hydroxylation is 2. The van der Waals surface area contributed by atoms with Crippen LogP contribution in [-0.4, -0.2) is 19.6 Å². The van der Waals surface area contributed by atoms with Gasteiger partial charge in [-0.15, -0.1) is 22.9 Å². The van der Waals surface area contributed by atoms with Gasteiger partial charge in [0.15, 0.2) is 0 Å². The Balaban J connectivity index is 0.00000392. The second-order valence-corrected chi connectivity index (χ2v) is 14.8. The minimum atomic E-state index is -4.75. The number of nitrogens with zero attached hydrogens (tertiary/aromatic N) is 4. The van der Waals surface area contributed by atoms with E-state index < -0.39 is 28.9 Å². The van der Waals surface area contributed by atoms with E-state index in [1.807, 2.05) is 19.1 Å². The summed E-state index contributed by atoms with van der Waals surface area (Å²) >= 11 is 2.95. The summed E-state index contributed by atoms with van der Waals surface area (Å²) < 4.78 is 90.6. The monoisotopic (exact) mass is 897 g/mol. The maximum Gasteiger partial charge on any atom is 2.00 e. The summed E-state index contributed by atoms with van der Waals surface area (Å²) in [5.74, 6) is 0. The Morgan fingerprint density at radius 2 is 1.14 bits per heavy atom. The van der Waals surface area contributed by atoms with E-state index in [1.54, 1.807) is 49.1 Å². The van der Waals surface area contributed by atoms with Crippen LogP contribution in [0.1, 0.15) is 47.5 Å². The van der Waals surface area contributed by atoms with Crippen molar-refractivity contribution in [2.45, 2.75) is 45.5 Å². The van der Waals surface area contributed by atoms with Crippen LogP contribution in [0.4, 0.5) is 26.3 Å². The van der Waals surface area contributed by atoms with Gasteiger partial charge in [-0.1, -0.05) is 27.1 Å². The molecule has 4 nitrogen and oxygen atoms in total. The van der Waals surface area contributed by atoms with Crippen LogP contribution in [0.15, 0.2) is 73.1 Å². The van der Waals surface area contributed by atoms with Crippen molar-refractivity contribution in [3.63, 3.8) is 0 Å². The molecule has 0 bridgehead atoms. The zero-order chi connectivity index (χ0) is 34.6. The molecule has 0 saturated heterocycles. The van der Waals surface area contributed by atoms with Gasteiger partial charge in [0.25, 0.3) is 0 Å². The van der Waals surface area contributed by atoms with Crippen LogP contribution in [0, 0.1) is 26.0 Å². The largest absolute Gasteiger partial charge is 2.00 e. The first-order valence-electron chi connectivity index (χ1n) is 15.1. The van der Waals surface area contributed by atoms with Gasteiger partial charge in [-0.05, 0) is 79.7 Å². The van der Waals surface area contributed by atoms with E-state index in [2.05, 4.69) is 35.4 Å². The molecule has 8 rings (SSSR count). The van der Waals surface area contributed by atoms with E-state index >= 15 is 0 Å². The SMILES string of the molecule is Cc1ccc2sc3c[c-]c(-n4cc(C)c(C(C)(C)c5nn(-c6[c-]cc7sc8ccc(C(F)(F)F)cc8c7c6)cc5C(F)(F)F)n4)cc3c2c1.[Pt+2]. The van der Waals surface area contributed by atoms with Crippen LogP contribution in [0.5, 0.6) is 0 Å².